The number of rotatable bonds is 4. The summed E-state index contributed by atoms with van der Waals surface area (Å²) in [6.07, 6.45) is 2.44. The second-order valence-corrected chi connectivity index (χ2v) is 5.73. The summed E-state index contributed by atoms with van der Waals surface area (Å²) in [6, 6.07) is 5.94. The van der Waals surface area contributed by atoms with Gasteiger partial charge in [0.1, 0.15) is 12.4 Å². The van der Waals surface area contributed by atoms with Crippen LogP contribution in [-0.4, -0.2) is 10.1 Å². The van der Waals surface area contributed by atoms with E-state index in [9.17, 15) is 5.11 Å². The predicted octanol–water partition coefficient (Wildman–Crippen LogP) is 3.26. The van der Waals surface area contributed by atoms with E-state index in [0.717, 1.165) is 41.3 Å². The molecule has 0 saturated carbocycles. The van der Waals surface area contributed by atoms with Crippen LogP contribution in [0.4, 0.5) is 0 Å². The smallest absolute Gasteiger partial charge is 0.131 e. The van der Waals surface area contributed by atoms with Gasteiger partial charge in [0.05, 0.1) is 16.8 Å². The normalized spacial score (nSPS) is 17.5. The van der Waals surface area contributed by atoms with Gasteiger partial charge in [0.2, 0.25) is 0 Å². The van der Waals surface area contributed by atoms with Crippen LogP contribution in [0.5, 0.6) is 5.75 Å². The van der Waals surface area contributed by atoms with Crippen LogP contribution in [0.25, 0.3) is 0 Å². The molecule has 0 unspecified atom stereocenters. The van der Waals surface area contributed by atoms with Crippen LogP contribution in [0.3, 0.4) is 0 Å². The molecule has 1 N–H and O–H groups in total. The minimum absolute atomic E-state index is 0.297. The zero-order chi connectivity index (χ0) is 13.2. The topological polar surface area (TPSA) is 42.4 Å². The molecule has 19 heavy (non-hydrogen) atoms. The van der Waals surface area contributed by atoms with Crippen molar-refractivity contribution in [2.75, 3.05) is 0 Å². The van der Waals surface area contributed by atoms with Gasteiger partial charge >= 0.3 is 0 Å². The fraction of sp³-hybridized carbons (Fsp3) is 0.400. The van der Waals surface area contributed by atoms with E-state index in [1.54, 1.807) is 11.3 Å². The van der Waals surface area contributed by atoms with Crippen LogP contribution in [0.1, 0.15) is 41.3 Å². The molecule has 0 fully saturated rings. The molecule has 1 atom stereocenters. The maximum absolute atomic E-state index is 9.76. The number of aryl methyl sites for hydroxylation is 2. The SMILES string of the molecule is CCc1nc(COc2ccc3c(c2)CC[C@@H]3O)cs1. The number of hydrogen-bond donors (Lipinski definition) is 1. The van der Waals surface area contributed by atoms with Crippen LogP contribution < -0.4 is 4.74 Å². The molecule has 1 aromatic heterocycles. The summed E-state index contributed by atoms with van der Waals surface area (Å²) in [7, 11) is 0. The van der Waals surface area contributed by atoms with Gasteiger partial charge in [-0.05, 0) is 42.5 Å². The highest BCUT2D eigenvalue weighted by Gasteiger charge is 2.20. The van der Waals surface area contributed by atoms with Crippen LogP contribution >= 0.6 is 11.3 Å². The van der Waals surface area contributed by atoms with Gasteiger partial charge in [0, 0.05) is 5.38 Å². The Hall–Kier alpha value is -1.39. The highest BCUT2D eigenvalue weighted by Crippen LogP contribution is 2.33. The molecule has 1 aromatic carbocycles. The molecule has 0 radical (unpaired) electrons. The van der Waals surface area contributed by atoms with E-state index in [1.807, 2.05) is 18.2 Å². The number of benzene rings is 1. The van der Waals surface area contributed by atoms with E-state index >= 15 is 0 Å². The van der Waals surface area contributed by atoms with Crippen molar-refractivity contribution in [1.82, 2.24) is 4.98 Å². The minimum atomic E-state index is -0.297. The number of ether oxygens (including phenoxy) is 1. The van der Waals surface area contributed by atoms with E-state index in [-0.39, 0.29) is 6.10 Å². The second-order valence-electron chi connectivity index (χ2n) is 4.79. The Morgan fingerprint density at radius 3 is 3.16 bits per heavy atom. The first-order valence-corrected chi connectivity index (χ1v) is 7.51. The van der Waals surface area contributed by atoms with Gasteiger partial charge in [0.25, 0.3) is 0 Å². The largest absolute Gasteiger partial charge is 0.487 e. The maximum Gasteiger partial charge on any atom is 0.131 e. The summed E-state index contributed by atoms with van der Waals surface area (Å²) in [6.45, 7) is 2.62. The second kappa shape index (κ2) is 5.31. The Morgan fingerprint density at radius 2 is 2.37 bits per heavy atom. The van der Waals surface area contributed by atoms with Gasteiger partial charge < -0.3 is 9.84 Å². The van der Waals surface area contributed by atoms with Crippen molar-refractivity contribution in [3.8, 4) is 5.75 Å². The van der Waals surface area contributed by atoms with Crippen molar-refractivity contribution in [1.29, 1.82) is 0 Å². The molecule has 0 saturated heterocycles. The maximum atomic E-state index is 9.76. The fourth-order valence-electron chi connectivity index (χ4n) is 2.40. The van der Waals surface area contributed by atoms with E-state index in [4.69, 9.17) is 4.74 Å². The van der Waals surface area contributed by atoms with Crippen molar-refractivity contribution in [2.24, 2.45) is 0 Å². The molecule has 1 aliphatic rings. The number of aromatic nitrogens is 1. The molecule has 3 nitrogen and oxygen atoms in total. The Morgan fingerprint density at radius 1 is 1.47 bits per heavy atom. The molecular formula is C15H17NO2S. The number of fused-ring (bicyclic) bond motifs is 1. The fourth-order valence-corrected chi connectivity index (χ4v) is 3.13. The van der Waals surface area contributed by atoms with Gasteiger partial charge in [-0.3, -0.25) is 0 Å². The van der Waals surface area contributed by atoms with Crippen molar-refractivity contribution in [2.45, 2.75) is 38.9 Å². The standard InChI is InChI=1S/C15H17NO2S/c1-2-15-16-11(9-19-15)8-18-12-4-5-13-10(7-12)3-6-14(13)17/h4-5,7,9,14,17H,2-3,6,8H2,1H3/t14-/m0/s1. The van der Waals surface area contributed by atoms with E-state index in [1.165, 1.54) is 5.56 Å². The number of thiazole rings is 1. The first kappa shape index (κ1) is 12.6. The molecule has 1 aliphatic carbocycles. The lowest BCUT2D eigenvalue weighted by atomic mass is 10.1. The molecule has 0 bridgehead atoms. The molecule has 0 amide bonds. The first-order chi connectivity index (χ1) is 9.26. The van der Waals surface area contributed by atoms with Crippen molar-refractivity contribution >= 4 is 11.3 Å². The lowest BCUT2D eigenvalue weighted by Gasteiger charge is -2.08. The third-order valence-electron chi connectivity index (χ3n) is 3.45. The first-order valence-electron chi connectivity index (χ1n) is 6.63. The quantitative estimate of drug-likeness (QED) is 0.931. The van der Waals surface area contributed by atoms with Gasteiger partial charge in [-0.1, -0.05) is 13.0 Å². The summed E-state index contributed by atoms with van der Waals surface area (Å²) < 4.78 is 5.77. The average molecular weight is 275 g/mol. The number of nitrogens with zero attached hydrogens (tertiary/aromatic N) is 1. The summed E-state index contributed by atoms with van der Waals surface area (Å²) in [5.41, 5.74) is 3.24. The third kappa shape index (κ3) is 2.65. The molecule has 2 aromatic rings. The molecule has 100 valence electrons. The Bertz CT molecular complexity index is 579. The highest BCUT2D eigenvalue weighted by atomic mass is 32.1. The van der Waals surface area contributed by atoms with E-state index < -0.39 is 0 Å². The third-order valence-corrected chi connectivity index (χ3v) is 4.49. The highest BCUT2D eigenvalue weighted by molar-refractivity contribution is 7.09. The molecule has 1 heterocycles. The lowest BCUT2D eigenvalue weighted by Crippen LogP contribution is -1.97. The lowest BCUT2D eigenvalue weighted by molar-refractivity contribution is 0.180. The molecule has 4 heteroatoms. The molecule has 0 aliphatic heterocycles. The van der Waals surface area contributed by atoms with Crippen LogP contribution in [0.2, 0.25) is 0 Å². The van der Waals surface area contributed by atoms with Gasteiger partial charge in [-0.15, -0.1) is 11.3 Å². The summed E-state index contributed by atoms with van der Waals surface area (Å²) >= 11 is 1.68. The zero-order valence-electron chi connectivity index (χ0n) is 10.9. The summed E-state index contributed by atoms with van der Waals surface area (Å²) in [5.74, 6) is 0.860. The van der Waals surface area contributed by atoms with Gasteiger partial charge in [0.15, 0.2) is 0 Å². The van der Waals surface area contributed by atoms with Crippen molar-refractivity contribution < 1.29 is 9.84 Å². The van der Waals surface area contributed by atoms with Gasteiger partial charge in [-0.25, -0.2) is 4.98 Å². The van der Waals surface area contributed by atoms with Crippen LogP contribution in [0, 0.1) is 0 Å². The Kier molecular flexibility index (Phi) is 3.53. The van der Waals surface area contributed by atoms with Gasteiger partial charge in [-0.2, -0.15) is 0 Å². The molecule has 0 spiro atoms. The monoisotopic (exact) mass is 275 g/mol. The minimum Gasteiger partial charge on any atom is -0.487 e. The van der Waals surface area contributed by atoms with E-state index in [2.05, 4.69) is 17.3 Å². The number of aliphatic hydroxyl groups is 1. The van der Waals surface area contributed by atoms with Crippen LogP contribution in [0.15, 0.2) is 23.6 Å². The predicted molar refractivity (Wildman–Crippen MR) is 75.5 cm³/mol. The number of hydrogen-bond acceptors (Lipinski definition) is 4. The Balaban J connectivity index is 1.67. The average Bonchev–Trinajstić information content (AvgIpc) is 3.03. The molecular weight excluding hydrogens is 258 g/mol. The van der Waals surface area contributed by atoms with Crippen molar-refractivity contribution in [3.63, 3.8) is 0 Å². The van der Waals surface area contributed by atoms with E-state index in [0.29, 0.717) is 6.61 Å². The Labute approximate surface area is 116 Å². The summed E-state index contributed by atoms with van der Waals surface area (Å²) in [5, 5.41) is 13.0. The zero-order valence-corrected chi connectivity index (χ0v) is 11.7. The van der Waals surface area contributed by atoms with Crippen molar-refractivity contribution in [3.05, 3.63) is 45.4 Å². The van der Waals surface area contributed by atoms with Crippen LogP contribution in [-0.2, 0) is 19.4 Å². The molecule has 3 rings (SSSR count). The summed E-state index contributed by atoms with van der Waals surface area (Å²) in [4.78, 5) is 4.48. The number of aliphatic hydroxyl groups excluding tert-OH is 1.